The van der Waals surface area contributed by atoms with Crippen molar-refractivity contribution in [3.63, 3.8) is 0 Å². The van der Waals surface area contributed by atoms with E-state index in [9.17, 15) is 18.0 Å². The second kappa shape index (κ2) is 8.54. The molecule has 2 aromatic heterocycles. The summed E-state index contributed by atoms with van der Waals surface area (Å²) in [6.07, 6.45) is 0.194. The molecule has 29 heavy (non-hydrogen) atoms. The average molecular weight is 429 g/mol. The van der Waals surface area contributed by atoms with E-state index in [1.54, 1.807) is 6.07 Å². The van der Waals surface area contributed by atoms with Gasteiger partial charge in [-0.3, -0.25) is 9.69 Å². The Hall–Kier alpha value is -2.39. The van der Waals surface area contributed by atoms with Gasteiger partial charge in [-0.1, -0.05) is 17.3 Å². The molecule has 6 nitrogen and oxygen atoms in total. The van der Waals surface area contributed by atoms with Crippen LogP contribution >= 0.6 is 12.4 Å². The molecule has 1 fully saturated rings. The van der Waals surface area contributed by atoms with Gasteiger partial charge in [-0.05, 0) is 37.0 Å². The van der Waals surface area contributed by atoms with Gasteiger partial charge in [0.2, 0.25) is 0 Å². The Labute approximate surface area is 171 Å². The predicted molar refractivity (Wildman–Crippen MR) is 101 cm³/mol. The van der Waals surface area contributed by atoms with E-state index in [1.165, 1.54) is 0 Å². The first-order valence-electron chi connectivity index (χ1n) is 9.11. The van der Waals surface area contributed by atoms with Gasteiger partial charge in [-0.2, -0.15) is 13.2 Å². The molecule has 156 valence electrons. The third-order valence-electron chi connectivity index (χ3n) is 4.75. The maximum atomic E-state index is 12.6. The van der Waals surface area contributed by atoms with Gasteiger partial charge in [0, 0.05) is 25.2 Å². The van der Waals surface area contributed by atoms with Crippen LogP contribution in [0.1, 0.15) is 46.9 Å². The van der Waals surface area contributed by atoms with Gasteiger partial charge in [-0.25, -0.2) is 4.98 Å². The number of alkyl halides is 3. The van der Waals surface area contributed by atoms with Gasteiger partial charge < -0.3 is 9.84 Å². The highest BCUT2D eigenvalue weighted by Crippen LogP contribution is 2.29. The zero-order chi connectivity index (χ0) is 19.7. The fourth-order valence-corrected chi connectivity index (χ4v) is 3.06. The minimum atomic E-state index is -4.50. The number of carbonyl (C=O) groups excluding carboxylic acids is 1. The zero-order valence-electron chi connectivity index (χ0n) is 15.4. The van der Waals surface area contributed by atoms with Crippen LogP contribution in [-0.2, 0) is 12.7 Å². The largest absolute Gasteiger partial charge is 0.436 e. The number of nitrogens with one attached hydrogen (secondary N) is 1. The monoisotopic (exact) mass is 428 g/mol. The van der Waals surface area contributed by atoms with E-state index >= 15 is 0 Å². The van der Waals surface area contributed by atoms with Crippen LogP contribution in [0.2, 0.25) is 0 Å². The van der Waals surface area contributed by atoms with Crippen molar-refractivity contribution in [2.24, 2.45) is 0 Å². The number of hydrogen-bond acceptors (Lipinski definition) is 5. The van der Waals surface area contributed by atoms with Crippen LogP contribution in [-0.4, -0.2) is 40.1 Å². The number of pyridine rings is 1. The number of aromatic nitrogens is 2. The van der Waals surface area contributed by atoms with Gasteiger partial charge in [-0.15, -0.1) is 12.4 Å². The van der Waals surface area contributed by atoms with Gasteiger partial charge in [0.25, 0.3) is 5.91 Å². The Kier molecular flexibility index (Phi) is 6.28. The van der Waals surface area contributed by atoms with E-state index in [1.807, 2.05) is 23.1 Å². The summed E-state index contributed by atoms with van der Waals surface area (Å²) in [6, 6.07) is 6.57. The molecule has 0 radical (unpaired) electrons. The van der Waals surface area contributed by atoms with E-state index in [2.05, 4.69) is 15.5 Å². The number of nitrogens with zero attached hydrogens (tertiary/aromatic N) is 3. The van der Waals surface area contributed by atoms with Gasteiger partial charge in [0.15, 0.2) is 11.5 Å². The average Bonchev–Trinajstić information content (AvgIpc) is 3.35. The third kappa shape index (κ3) is 5.36. The highest BCUT2D eigenvalue weighted by Gasteiger charge is 2.35. The molecule has 1 amide bonds. The van der Waals surface area contributed by atoms with Crippen LogP contribution in [0.5, 0.6) is 0 Å². The summed E-state index contributed by atoms with van der Waals surface area (Å²) in [5.74, 6) is 0.0224. The lowest BCUT2D eigenvalue weighted by Gasteiger charge is -2.25. The van der Waals surface area contributed by atoms with E-state index in [0.717, 1.165) is 30.2 Å². The molecule has 0 unspecified atom stereocenters. The molecule has 0 spiro atoms. The number of hydrogen-bond donors (Lipinski definition) is 1. The van der Waals surface area contributed by atoms with Crippen LogP contribution in [0.25, 0.3) is 5.57 Å². The lowest BCUT2D eigenvalue weighted by molar-refractivity contribution is -0.142. The number of carbonyl (C=O) groups is 1. The Morgan fingerprint density at radius 1 is 1.31 bits per heavy atom. The molecule has 0 saturated heterocycles. The van der Waals surface area contributed by atoms with Crippen LogP contribution in [0, 0.1) is 0 Å². The molecule has 1 N–H and O–H groups in total. The summed E-state index contributed by atoms with van der Waals surface area (Å²) < 4.78 is 42.6. The maximum Gasteiger partial charge on any atom is 0.436 e. The van der Waals surface area contributed by atoms with Gasteiger partial charge >= 0.3 is 6.18 Å². The normalized spacial score (nSPS) is 17.4. The quantitative estimate of drug-likeness (QED) is 0.786. The third-order valence-corrected chi connectivity index (χ3v) is 4.75. The van der Waals surface area contributed by atoms with Crippen molar-refractivity contribution in [3.8, 4) is 0 Å². The van der Waals surface area contributed by atoms with Gasteiger partial charge in [0.1, 0.15) is 5.69 Å². The smallest absolute Gasteiger partial charge is 0.359 e. The Bertz CT molecular complexity index is 909. The van der Waals surface area contributed by atoms with Crippen molar-refractivity contribution in [1.82, 2.24) is 20.4 Å². The van der Waals surface area contributed by atoms with Crippen molar-refractivity contribution in [3.05, 3.63) is 53.2 Å². The van der Waals surface area contributed by atoms with Crippen LogP contribution < -0.4 is 5.32 Å². The molecule has 3 heterocycles. The van der Waals surface area contributed by atoms with Crippen molar-refractivity contribution >= 4 is 23.9 Å². The summed E-state index contributed by atoms with van der Waals surface area (Å²) in [5.41, 5.74) is 1.16. The topological polar surface area (TPSA) is 71.3 Å². The lowest BCUT2D eigenvalue weighted by atomic mass is 10.0. The summed E-state index contributed by atoms with van der Waals surface area (Å²) in [4.78, 5) is 18.6. The number of halogens is 4. The highest BCUT2D eigenvalue weighted by atomic mass is 35.5. The van der Waals surface area contributed by atoms with Crippen LogP contribution in [0.4, 0.5) is 13.2 Å². The first-order chi connectivity index (χ1) is 13.4. The van der Waals surface area contributed by atoms with E-state index in [0.29, 0.717) is 25.2 Å². The highest BCUT2D eigenvalue weighted by molar-refractivity contribution is 5.93. The molecule has 1 saturated carbocycles. The van der Waals surface area contributed by atoms with Crippen LogP contribution in [0.15, 0.2) is 34.9 Å². The van der Waals surface area contributed by atoms with Crippen molar-refractivity contribution in [2.75, 3.05) is 13.1 Å². The molecule has 1 aliphatic carbocycles. The van der Waals surface area contributed by atoms with Crippen molar-refractivity contribution < 1.29 is 22.5 Å². The van der Waals surface area contributed by atoms with Crippen molar-refractivity contribution in [2.45, 2.75) is 38.0 Å². The Morgan fingerprint density at radius 2 is 2.10 bits per heavy atom. The Balaban J connectivity index is 0.00000240. The summed E-state index contributed by atoms with van der Waals surface area (Å²) in [7, 11) is 0. The molecule has 0 aromatic carbocycles. The molecule has 2 aromatic rings. The number of rotatable bonds is 5. The Morgan fingerprint density at radius 3 is 2.72 bits per heavy atom. The molecule has 4 rings (SSSR count). The predicted octanol–water partition coefficient (Wildman–Crippen LogP) is 3.69. The van der Waals surface area contributed by atoms with Crippen LogP contribution in [0.3, 0.4) is 0 Å². The zero-order valence-corrected chi connectivity index (χ0v) is 16.2. The fourth-order valence-electron chi connectivity index (χ4n) is 3.06. The van der Waals surface area contributed by atoms with E-state index in [4.69, 9.17) is 4.52 Å². The van der Waals surface area contributed by atoms with E-state index in [-0.39, 0.29) is 36.7 Å². The molecular formula is C19H20ClF3N4O2. The SMILES string of the molecule is Cl.O=C(NC1CC1)c1cccc(C2=CCN(Cc3cc(C(F)(F)F)no3)CC2)n1. The minimum Gasteiger partial charge on any atom is -0.359 e. The van der Waals surface area contributed by atoms with Crippen molar-refractivity contribution in [1.29, 1.82) is 0 Å². The second-order valence-electron chi connectivity index (χ2n) is 7.05. The summed E-state index contributed by atoms with van der Waals surface area (Å²) >= 11 is 0. The lowest BCUT2D eigenvalue weighted by Crippen LogP contribution is -2.28. The molecule has 0 bridgehead atoms. The molecule has 0 atom stereocenters. The summed E-state index contributed by atoms with van der Waals surface area (Å²) in [6.45, 7) is 1.45. The standard InChI is InChI=1S/C19H19F3N4O2.ClH/c20-19(21,22)17-10-14(28-25-17)11-26-8-6-12(7-9-26)15-2-1-3-16(24-15)18(27)23-13-4-5-13;/h1-3,6,10,13H,4-5,7-9,11H2,(H,23,27);1H. The second-order valence-corrected chi connectivity index (χ2v) is 7.05. The van der Waals surface area contributed by atoms with Gasteiger partial charge in [0.05, 0.1) is 12.2 Å². The molecule has 2 aliphatic rings. The molecule has 10 heteroatoms. The fraction of sp³-hybridized carbons (Fsp3) is 0.421. The molecular weight excluding hydrogens is 409 g/mol. The number of amides is 1. The maximum absolute atomic E-state index is 12.6. The first-order valence-corrected chi connectivity index (χ1v) is 9.11. The first kappa shape index (κ1) is 21.3. The molecule has 1 aliphatic heterocycles. The van der Waals surface area contributed by atoms with E-state index < -0.39 is 11.9 Å². The summed E-state index contributed by atoms with van der Waals surface area (Å²) in [5, 5.41) is 6.00. The minimum absolute atomic E-state index is 0.